The van der Waals surface area contributed by atoms with E-state index in [1.807, 2.05) is 0 Å². The molecular weight excluding hydrogens is 317 g/mol. The Bertz CT molecular complexity index is 551. The lowest BCUT2D eigenvalue weighted by atomic mass is 10.1. The molecule has 0 saturated heterocycles. The first-order chi connectivity index (χ1) is 9.10. The number of aliphatic hydroxyl groups excluding tert-OH is 1. The normalized spacial score (nSPS) is 12.2. The molecule has 2 N–H and O–H groups in total. The summed E-state index contributed by atoms with van der Waals surface area (Å²) in [6, 6.07) is 6.51. The van der Waals surface area contributed by atoms with Crippen LogP contribution in [0.4, 0.5) is 4.39 Å². The highest BCUT2D eigenvalue weighted by atomic mass is 79.9. The number of nitrogens with one attached hydrogen (secondary N) is 1. The molecule has 0 saturated carbocycles. The molecule has 0 bridgehead atoms. The second-order valence-electron chi connectivity index (χ2n) is 3.88. The van der Waals surface area contributed by atoms with Gasteiger partial charge in [0.1, 0.15) is 17.6 Å². The second-order valence-corrected chi connectivity index (χ2v) is 4.80. The number of carbonyl (C=O) groups excluding carboxylic acids is 1. The lowest BCUT2D eigenvalue weighted by molar-refractivity contribution is 0.0907. The first kappa shape index (κ1) is 13.8. The fraction of sp³-hybridized carbons (Fsp3) is 0.154. The van der Waals surface area contributed by atoms with Crippen molar-refractivity contribution in [2.24, 2.45) is 0 Å². The van der Waals surface area contributed by atoms with Gasteiger partial charge in [0.05, 0.1) is 12.9 Å². The summed E-state index contributed by atoms with van der Waals surface area (Å²) in [7, 11) is 0. The number of halogens is 2. The van der Waals surface area contributed by atoms with E-state index in [2.05, 4.69) is 21.2 Å². The summed E-state index contributed by atoms with van der Waals surface area (Å²) in [6.07, 6.45) is 1.45. The van der Waals surface area contributed by atoms with Gasteiger partial charge in [-0.1, -0.05) is 15.9 Å². The standard InChI is InChI=1S/C13H11BrFNO3/c14-9-4-8(5-10(15)6-9)13(18)16-11(7-17)12-2-1-3-19-12/h1-6,11,17H,7H2,(H,16,18). The van der Waals surface area contributed by atoms with E-state index in [9.17, 15) is 14.3 Å². The van der Waals surface area contributed by atoms with Crippen LogP contribution in [-0.4, -0.2) is 17.6 Å². The van der Waals surface area contributed by atoms with Crippen LogP contribution < -0.4 is 5.32 Å². The molecule has 1 aromatic carbocycles. The Balaban J connectivity index is 2.15. The van der Waals surface area contributed by atoms with E-state index in [-0.39, 0.29) is 12.2 Å². The molecule has 1 heterocycles. The smallest absolute Gasteiger partial charge is 0.252 e. The lowest BCUT2D eigenvalue weighted by Gasteiger charge is -2.14. The van der Waals surface area contributed by atoms with Gasteiger partial charge in [0.2, 0.25) is 0 Å². The summed E-state index contributed by atoms with van der Waals surface area (Å²) >= 11 is 3.12. The molecule has 6 heteroatoms. The van der Waals surface area contributed by atoms with E-state index in [0.717, 1.165) is 6.07 Å². The molecule has 1 atom stereocenters. The van der Waals surface area contributed by atoms with Crippen molar-refractivity contribution in [3.63, 3.8) is 0 Å². The Hall–Kier alpha value is -1.66. The average Bonchev–Trinajstić information content (AvgIpc) is 2.88. The molecule has 2 aromatic rings. The van der Waals surface area contributed by atoms with Gasteiger partial charge in [-0.2, -0.15) is 0 Å². The number of rotatable bonds is 4. The predicted molar refractivity (Wildman–Crippen MR) is 70.1 cm³/mol. The monoisotopic (exact) mass is 327 g/mol. The molecule has 1 unspecified atom stereocenters. The SMILES string of the molecule is O=C(NC(CO)c1ccco1)c1cc(F)cc(Br)c1. The van der Waals surface area contributed by atoms with E-state index < -0.39 is 17.8 Å². The van der Waals surface area contributed by atoms with Gasteiger partial charge in [0.15, 0.2) is 0 Å². The highest BCUT2D eigenvalue weighted by molar-refractivity contribution is 9.10. The van der Waals surface area contributed by atoms with Crippen LogP contribution in [0.25, 0.3) is 0 Å². The molecule has 1 aromatic heterocycles. The molecule has 0 radical (unpaired) electrons. The molecule has 2 rings (SSSR count). The van der Waals surface area contributed by atoms with E-state index in [0.29, 0.717) is 10.2 Å². The third-order valence-electron chi connectivity index (χ3n) is 2.50. The summed E-state index contributed by atoms with van der Waals surface area (Å²) in [5.74, 6) is -0.569. The third kappa shape index (κ3) is 3.42. The van der Waals surface area contributed by atoms with Crippen LogP contribution in [0.5, 0.6) is 0 Å². The largest absolute Gasteiger partial charge is 0.467 e. The van der Waals surface area contributed by atoms with Crippen LogP contribution in [0.1, 0.15) is 22.2 Å². The molecule has 1 amide bonds. The molecule has 4 nitrogen and oxygen atoms in total. The van der Waals surface area contributed by atoms with Crippen LogP contribution in [0.15, 0.2) is 45.5 Å². The van der Waals surface area contributed by atoms with Gasteiger partial charge in [-0.3, -0.25) is 4.79 Å². The maximum absolute atomic E-state index is 13.2. The average molecular weight is 328 g/mol. The van der Waals surface area contributed by atoms with Gasteiger partial charge in [-0.25, -0.2) is 4.39 Å². The second kappa shape index (κ2) is 5.99. The number of aliphatic hydroxyl groups is 1. The molecule has 0 fully saturated rings. The number of carbonyl (C=O) groups is 1. The van der Waals surface area contributed by atoms with E-state index in [1.54, 1.807) is 12.1 Å². The molecule has 100 valence electrons. The summed E-state index contributed by atoms with van der Waals surface area (Å²) in [5, 5.41) is 11.8. The van der Waals surface area contributed by atoms with Gasteiger partial charge in [0.25, 0.3) is 5.91 Å². The lowest BCUT2D eigenvalue weighted by Crippen LogP contribution is -2.30. The van der Waals surface area contributed by atoms with Crippen molar-refractivity contribution in [2.75, 3.05) is 6.61 Å². The van der Waals surface area contributed by atoms with Crippen molar-refractivity contribution in [3.8, 4) is 0 Å². The van der Waals surface area contributed by atoms with Crippen molar-refractivity contribution in [2.45, 2.75) is 6.04 Å². The van der Waals surface area contributed by atoms with Crippen molar-refractivity contribution >= 4 is 21.8 Å². The van der Waals surface area contributed by atoms with Gasteiger partial charge < -0.3 is 14.8 Å². The van der Waals surface area contributed by atoms with Gasteiger partial charge in [-0.05, 0) is 30.3 Å². The third-order valence-corrected chi connectivity index (χ3v) is 2.96. The number of furan rings is 1. The number of hydrogen-bond donors (Lipinski definition) is 2. The fourth-order valence-electron chi connectivity index (χ4n) is 1.62. The van der Waals surface area contributed by atoms with Crippen molar-refractivity contribution in [3.05, 3.63) is 58.2 Å². The van der Waals surface area contributed by atoms with Crippen molar-refractivity contribution in [1.82, 2.24) is 5.32 Å². The van der Waals surface area contributed by atoms with Crippen LogP contribution in [0.2, 0.25) is 0 Å². The minimum absolute atomic E-state index is 0.164. The molecular formula is C13H11BrFNO3. The van der Waals surface area contributed by atoms with Crippen LogP contribution in [0.3, 0.4) is 0 Å². The van der Waals surface area contributed by atoms with E-state index in [4.69, 9.17) is 4.42 Å². The molecule has 19 heavy (non-hydrogen) atoms. The summed E-state index contributed by atoms with van der Waals surface area (Å²) in [5.41, 5.74) is 0.164. The zero-order valence-electron chi connectivity index (χ0n) is 9.77. The van der Waals surface area contributed by atoms with Gasteiger partial charge >= 0.3 is 0 Å². The molecule has 0 aliphatic heterocycles. The van der Waals surface area contributed by atoms with Gasteiger partial charge in [-0.15, -0.1) is 0 Å². The summed E-state index contributed by atoms with van der Waals surface area (Å²) in [4.78, 5) is 12.0. The predicted octanol–water partition coefficient (Wildman–Crippen LogP) is 2.64. The zero-order chi connectivity index (χ0) is 13.8. The first-order valence-corrected chi connectivity index (χ1v) is 6.30. The topological polar surface area (TPSA) is 62.5 Å². The Morgan fingerprint density at radius 1 is 1.47 bits per heavy atom. The Kier molecular flexibility index (Phi) is 4.34. The summed E-state index contributed by atoms with van der Waals surface area (Å²) in [6.45, 7) is -0.310. The minimum atomic E-state index is -0.662. The Morgan fingerprint density at radius 2 is 2.26 bits per heavy atom. The van der Waals surface area contributed by atoms with Crippen LogP contribution in [0, 0.1) is 5.82 Å². The highest BCUT2D eigenvalue weighted by Crippen LogP contribution is 2.17. The van der Waals surface area contributed by atoms with Crippen molar-refractivity contribution < 1.29 is 18.7 Å². The van der Waals surface area contributed by atoms with E-state index in [1.165, 1.54) is 18.4 Å². The van der Waals surface area contributed by atoms with Gasteiger partial charge in [0, 0.05) is 10.0 Å². The first-order valence-electron chi connectivity index (χ1n) is 5.51. The number of benzene rings is 1. The minimum Gasteiger partial charge on any atom is -0.467 e. The van der Waals surface area contributed by atoms with E-state index >= 15 is 0 Å². The van der Waals surface area contributed by atoms with Crippen molar-refractivity contribution in [1.29, 1.82) is 0 Å². The maximum atomic E-state index is 13.2. The zero-order valence-corrected chi connectivity index (χ0v) is 11.4. The number of hydrogen-bond acceptors (Lipinski definition) is 3. The Labute approximate surface area is 117 Å². The maximum Gasteiger partial charge on any atom is 0.252 e. The van der Waals surface area contributed by atoms with Crippen LogP contribution in [-0.2, 0) is 0 Å². The fourth-order valence-corrected chi connectivity index (χ4v) is 2.09. The molecule has 0 spiro atoms. The Morgan fingerprint density at radius 3 is 2.84 bits per heavy atom. The highest BCUT2D eigenvalue weighted by Gasteiger charge is 2.17. The van der Waals surface area contributed by atoms with Crippen LogP contribution >= 0.6 is 15.9 Å². The molecule has 0 aliphatic rings. The molecule has 0 aliphatic carbocycles. The number of amides is 1. The summed E-state index contributed by atoms with van der Waals surface area (Å²) < 4.78 is 18.8. The quantitative estimate of drug-likeness (QED) is 0.907.